The smallest absolute Gasteiger partial charge is 0.305 e. The first kappa shape index (κ1) is 55.4. The van der Waals surface area contributed by atoms with E-state index in [9.17, 15) is 14.4 Å². The van der Waals surface area contributed by atoms with Crippen LogP contribution in [0, 0.1) is 0 Å². The van der Waals surface area contributed by atoms with Crippen molar-refractivity contribution < 1.29 is 28.6 Å². The third-order valence-corrected chi connectivity index (χ3v) is 11.3. The predicted octanol–water partition coefficient (Wildman–Crippen LogP) is 14.8. The summed E-state index contributed by atoms with van der Waals surface area (Å²) >= 11 is 0. The monoisotopic (exact) mass is 808 g/mol. The molecule has 57 heavy (non-hydrogen) atoms. The van der Waals surface area contributed by atoms with Crippen molar-refractivity contribution in [3.63, 3.8) is 0 Å². The molecule has 338 valence electrons. The van der Waals surface area contributed by atoms with Gasteiger partial charge in [-0.1, -0.05) is 188 Å². The molecule has 7 nitrogen and oxygen atoms in total. The van der Waals surface area contributed by atoms with Crippen LogP contribution >= 0.6 is 0 Å². The number of carbonyl (C=O) groups excluding carboxylic acids is 3. The highest BCUT2D eigenvalue weighted by atomic mass is 16.5. The molecule has 0 aliphatic carbocycles. The van der Waals surface area contributed by atoms with E-state index in [0.717, 1.165) is 116 Å². The van der Waals surface area contributed by atoms with E-state index >= 15 is 0 Å². The Kier molecular flexibility index (Phi) is 45.7. The normalized spacial score (nSPS) is 11.4. The van der Waals surface area contributed by atoms with E-state index in [0.29, 0.717) is 39.1 Å². The molecule has 0 rings (SSSR count). The van der Waals surface area contributed by atoms with Gasteiger partial charge in [-0.15, -0.1) is 0 Å². The summed E-state index contributed by atoms with van der Waals surface area (Å²) in [5.41, 5.74) is 0. The number of hydrogen-bond donors (Lipinski definition) is 0. The molecule has 0 aliphatic rings. The Bertz CT molecular complexity index is 805. The summed E-state index contributed by atoms with van der Waals surface area (Å²) in [5.74, 6) is -0.142. The second-order valence-electron chi connectivity index (χ2n) is 17.1. The minimum Gasteiger partial charge on any atom is -0.466 e. The lowest BCUT2D eigenvalue weighted by atomic mass is 10.1. The zero-order valence-corrected chi connectivity index (χ0v) is 38.5. The Morgan fingerprint density at radius 2 is 0.491 bits per heavy atom. The van der Waals surface area contributed by atoms with Crippen molar-refractivity contribution in [2.75, 3.05) is 39.5 Å². The third kappa shape index (κ3) is 45.3. The molecule has 0 saturated heterocycles. The molecule has 0 amide bonds. The molecular formula is C50H97NO6. The summed E-state index contributed by atoms with van der Waals surface area (Å²) in [6.45, 7) is 11.5. The molecule has 0 aliphatic heterocycles. The van der Waals surface area contributed by atoms with Crippen LogP contribution in [0.25, 0.3) is 0 Å². The first-order chi connectivity index (χ1) is 28.0. The fraction of sp³-hybridized carbons (Fsp3) is 0.940. The van der Waals surface area contributed by atoms with Crippen molar-refractivity contribution in [3.8, 4) is 0 Å². The first-order valence-corrected chi connectivity index (χ1v) is 25.2. The van der Waals surface area contributed by atoms with Crippen molar-refractivity contribution in [1.29, 1.82) is 0 Å². The van der Waals surface area contributed by atoms with Gasteiger partial charge in [-0.25, -0.2) is 0 Å². The van der Waals surface area contributed by atoms with E-state index in [2.05, 4.69) is 25.7 Å². The summed E-state index contributed by atoms with van der Waals surface area (Å²) in [7, 11) is 0. The molecule has 0 fully saturated rings. The molecule has 0 radical (unpaired) electrons. The van der Waals surface area contributed by atoms with Crippen LogP contribution in [0.1, 0.15) is 265 Å². The van der Waals surface area contributed by atoms with Crippen LogP contribution < -0.4 is 0 Å². The van der Waals surface area contributed by atoms with E-state index in [1.807, 2.05) is 0 Å². The highest BCUT2D eigenvalue weighted by Gasteiger charge is 2.09. The number of nitrogens with zero attached hydrogens (tertiary/aromatic N) is 1. The molecule has 7 heteroatoms. The van der Waals surface area contributed by atoms with Crippen LogP contribution in [0.4, 0.5) is 0 Å². The number of carbonyl (C=O) groups is 3. The number of rotatable bonds is 47. The lowest BCUT2D eigenvalue weighted by Crippen LogP contribution is -2.27. The molecule has 0 aromatic carbocycles. The molecule has 0 heterocycles. The molecule has 0 aromatic heterocycles. The number of hydrogen-bond acceptors (Lipinski definition) is 7. The minimum absolute atomic E-state index is 0.0468. The van der Waals surface area contributed by atoms with Gasteiger partial charge in [0.2, 0.25) is 0 Å². The van der Waals surface area contributed by atoms with E-state index < -0.39 is 0 Å². The lowest BCUT2D eigenvalue weighted by molar-refractivity contribution is -0.144. The minimum atomic E-state index is -0.0480. The quantitative estimate of drug-likeness (QED) is 0.0344. The van der Waals surface area contributed by atoms with E-state index in [-0.39, 0.29) is 17.9 Å². The van der Waals surface area contributed by atoms with Gasteiger partial charge in [0, 0.05) is 19.3 Å². The van der Waals surface area contributed by atoms with Crippen molar-refractivity contribution in [2.24, 2.45) is 0 Å². The zero-order chi connectivity index (χ0) is 41.5. The number of unbranched alkanes of at least 4 members (excludes halogenated alkanes) is 29. The Labute approximate surface area is 354 Å². The van der Waals surface area contributed by atoms with Gasteiger partial charge in [-0.3, -0.25) is 14.4 Å². The maximum absolute atomic E-state index is 12.3. The molecule has 0 saturated carbocycles. The van der Waals surface area contributed by atoms with Crippen molar-refractivity contribution in [3.05, 3.63) is 0 Å². The van der Waals surface area contributed by atoms with Gasteiger partial charge in [-0.05, 0) is 77.4 Å². The maximum Gasteiger partial charge on any atom is 0.305 e. The highest BCUT2D eigenvalue weighted by Crippen LogP contribution is 2.14. The highest BCUT2D eigenvalue weighted by molar-refractivity contribution is 5.69. The van der Waals surface area contributed by atoms with Crippen LogP contribution in [-0.4, -0.2) is 62.3 Å². The van der Waals surface area contributed by atoms with E-state index in [4.69, 9.17) is 14.2 Å². The Hall–Kier alpha value is -1.63. The predicted molar refractivity (Wildman–Crippen MR) is 242 cm³/mol. The van der Waals surface area contributed by atoms with Gasteiger partial charge < -0.3 is 19.1 Å². The SMILES string of the molecule is CCCCCCCCCCCOC(=O)CCCCCN(CCCCCC(=O)OCCCCCCCCCC)CCCCCC(=O)OCCCCCCCCCCC. The summed E-state index contributed by atoms with van der Waals surface area (Å²) in [6, 6.07) is 0. The fourth-order valence-electron chi connectivity index (χ4n) is 7.52. The number of esters is 3. The lowest BCUT2D eigenvalue weighted by Gasteiger charge is -2.22. The fourth-order valence-corrected chi connectivity index (χ4v) is 7.52. The average Bonchev–Trinajstić information content (AvgIpc) is 3.20. The van der Waals surface area contributed by atoms with Gasteiger partial charge in [0.05, 0.1) is 19.8 Å². The molecule has 0 aromatic rings. The summed E-state index contributed by atoms with van der Waals surface area (Å²) < 4.78 is 16.5. The topological polar surface area (TPSA) is 82.1 Å². The largest absolute Gasteiger partial charge is 0.466 e. The zero-order valence-electron chi connectivity index (χ0n) is 38.5. The molecule has 0 unspecified atom stereocenters. The molecule has 0 atom stereocenters. The Morgan fingerprint density at radius 1 is 0.281 bits per heavy atom. The second-order valence-corrected chi connectivity index (χ2v) is 17.1. The Balaban J connectivity index is 4.23. The average molecular weight is 808 g/mol. The Morgan fingerprint density at radius 3 is 0.737 bits per heavy atom. The van der Waals surface area contributed by atoms with Crippen molar-refractivity contribution >= 4 is 17.9 Å². The number of ether oxygens (including phenoxy) is 3. The maximum atomic E-state index is 12.3. The van der Waals surface area contributed by atoms with Crippen molar-refractivity contribution in [1.82, 2.24) is 4.90 Å². The van der Waals surface area contributed by atoms with Crippen molar-refractivity contribution in [2.45, 2.75) is 265 Å². The van der Waals surface area contributed by atoms with E-state index in [1.54, 1.807) is 0 Å². The van der Waals surface area contributed by atoms with Gasteiger partial charge in [0.15, 0.2) is 0 Å². The van der Waals surface area contributed by atoms with Crippen LogP contribution in [0.2, 0.25) is 0 Å². The van der Waals surface area contributed by atoms with Crippen LogP contribution in [-0.2, 0) is 28.6 Å². The first-order valence-electron chi connectivity index (χ1n) is 25.2. The van der Waals surface area contributed by atoms with Gasteiger partial charge >= 0.3 is 17.9 Å². The molecule has 0 spiro atoms. The van der Waals surface area contributed by atoms with Gasteiger partial charge in [-0.2, -0.15) is 0 Å². The molecule has 0 bridgehead atoms. The molecular weight excluding hydrogens is 711 g/mol. The van der Waals surface area contributed by atoms with E-state index in [1.165, 1.54) is 128 Å². The summed E-state index contributed by atoms with van der Waals surface area (Å²) in [4.78, 5) is 39.3. The van der Waals surface area contributed by atoms with Gasteiger partial charge in [0.1, 0.15) is 0 Å². The molecule has 0 N–H and O–H groups in total. The summed E-state index contributed by atoms with van der Waals surface area (Å²) in [5, 5.41) is 0. The third-order valence-electron chi connectivity index (χ3n) is 11.3. The standard InChI is InChI=1S/C50H97NO6/c1-4-7-10-13-16-19-22-25-37-46-56-49(53)40-31-28-34-43-51(42-33-27-30-39-48(52)55-45-36-24-21-18-15-12-9-6-3)44-35-29-32-41-50(54)57-47-38-26-23-20-17-14-11-8-5-2/h4-47H2,1-3H3. The van der Waals surface area contributed by atoms with Gasteiger partial charge in [0.25, 0.3) is 0 Å². The van der Waals surface area contributed by atoms with Crippen LogP contribution in [0.5, 0.6) is 0 Å². The second kappa shape index (κ2) is 47.1. The van der Waals surface area contributed by atoms with Crippen LogP contribution in [0.3, 0.4) is 0 Å². The summed E-state index contributed by atoms with van der Waals surface area (Å²) in [6.07, 6.45) is 43.3. The van der Waals surface area contributed by atoms with Crippen LogP contribution in [0.15, 0.2) is 0 Å².